The first kappa shape index (κ1) is 23.5. The first-order valence-electron chi connectivity index (χ1n) is 11.1. The van der Waals surface area contributed by atoms with E-state index in [1.54, 1.807) is 19.2 Å². The fourth-order valence-electron chi connectivity index (χ4n) is 4.21. The molecule has 3 rings (SSSR count). The van der Waals surface area contributed by atoms with Gasteiger partial charge in [0.2, 0.25) is 0 Å². The molecule has 7 nitrogen and oxygen atoms in total. The van der Waals surface area contributed by atoms with Crippen LogP contribution in [0, 0.1) is 5.92 Å². The van der Waals surface area contributed by atoms with Crippen molar-refractivity contribution in [3.8, 4) is 5.75 Å². The zero-order valence-corrected chi connectivity index (χ0v) is 18.9. The van der Waals surface area contributed by atoms with Crippen LogP contribution in [0.15, 0.2) is 29.3 Å². The van der Waals surface area contributed by atoms with Crippen molar-refractivity contribution in [2.45, 2.75) is 26.0 Å². The Labute approximate surface area is 184 Å². The molecule has 174 valence electrons. The molecule has 0 spiro atoms. The van der Waals surface area contributed by atoms with Crippen molar-refractivity contribution in [1.29, 1.82) is 0 Å². The van der Waals surface area contributed by atoms with Crippen molar-refractivity contribution in [2.75, 3.05) is 71.4 Å². The third-order valence-electron chi connectivity index (χ3n) is 5.96. The molecular weight excluding hydrogens is 402 g/mol. The Bertz CT molecular complexity index is 711. The topological polar surface area (TPSA) is 55.4 Å². The molecular formula is C22H36F2N6O. The maximum absolute atomic E-state index is 12.7. The molecule has 2 fully saturated rings. The molecule has 2 unspecified atom stereocenters. The lowest BCUT2D eigenvalue weighted by Gasteiger charge is -2.34. The van der Waals surface area contributed by atoms with E-state index in [4.69, 9.17) is 4.74 Å². The van der Waals surface area contributed by atoms with E-state index < -0.39 is 6.61 Å². The van der Waals surface area contributed by atoms with E-state index in [2.05, 4.69) is 44.3 Å². The summed E-state index contributed by atoms with van der Waals surface area (Å²) in [5.41, 5.74) is 0.704. The van der Waals surface area contributed by atoms with Gasteiger partial charge in [-0.2, -0.15) is 8.78 Å². The zero-order valence-electron chi connectivity index (χ0n) is 18.9. The highest BCUT2D eigenvalue weighted by Crippen LogP contribution is 2.31. The third kappa shape index (κ3) is 7.21. The number of aliphatic imine (C=N–C) groups is 1. The van der Waals surface area contributed by atoms with Gasteiger partial charge in [0.05, 0.1) is 5.69 Å². The van der Waals surface area contributed by atoms with Crippen molar-refractivity contribution in [2.24, 2.45) is 10.9 Å². The monoisotopic (exact) mass is 438 g/mol. The quantitative estimate of drug-likeness (QED) is 0.478. The van der Waals surface area contributed by atoms with Crippen LogP contribution in [-0.4, -0.2) is 94.9 Å². The van der Waals surface area contributed by atoms with Crippen molar-refractivity contribution in [3.05, 3.63) is 24.3 Å². The molecule has 31 heavy (non-hydrogen) atoms. The first-order chi connectivity index (χ1) is 14.9. The Morgan fingerprint density at radius 1 is 1.19 bits per heavy atom. The van der Waals surface area contributed by atoms with E-state index in [9.17, 15) is 8.78 Å². The number of benzene rings is 1. The molecule has 9 heteroatoms. The molecule has 0 radical (unpaired) electrons. The first-order valence-corrected chi connectivity index (χ1v) is 11.1. The summed E-state index contributed by atoms with van der Waals surface area (Å²) in [6.45, 7) is 7.37. The summed E-state index contributed by atoms with van der Waals surface area (Å²) in [4.78, 5) is 11.3. The van der Waals surface area contributed by atoms with Gasteiger partial charge in [-0.1, -0.05) is 19.1 Å². The van der Waals surface area contributed by atoms with E-state index >= 15 is 0 Å². The number of hydrogen-bond donors (Lipinski definition) is 2. The molecule has 2 N–H and O–H groups in total. The maximum Gasteiger partial charge on any atom is 0.387 e. The second-order valence-electron chi connectivity index (χ2n) is 8.58. The van der Waals surface area contributed by atoms with E-state index in [0.29, 0.717) is 18.2 Å². The molecule has 1 aromatic carbocycles. The molecule has 0 bridgehead atoms. The molecule has 2 aliphatic heterocycles. The molecule has 2 atom stereocenters. The largest absolute Gasteiger partial charge is 0.433 e. The van der Waals surface area contributed by atoms with Gasteiger partial charge in [0.1, 0.15) is 5.75 Å². The number of anilines is 1. The summed E-state index contributed by atoms with van der Waals surface area (Å²) in [7, 11) is 3.95. The van der Waals surface area contributed by atoms with E-state index in [1.807, 2.05) is 12.1 Å². The molecule has 2 saturated heterocycles. The van der Waals surface area contributed by atoms with Gasteiger partial charge in [0.25, 0.3) is 0 Å². The van der Waals surface area contributed by atoms with Gasteiger partial charge in [-0.3, -0.25) is 4.99 Å². The van der Waals surface area contributed by atoms with Crippen molar-refractivity contribution in [3.63, 3.8) is 0 Å². The molecule has 0 saturated carbocycles. The van der Waals surface area contributed by atoms with Gasteiger partial charge in [-0.05, 0) is 31.5 Å². The fourth-order valence-corrected chi connectivity index (χ4v) is 4.21. The molecule has 2 aliphatic rings. The summed E-state index contributed by atoms with van der Waals surface area (Å²) >= 11 is 0. The maximum atomic E-state index is 12.7. The molecule has 0 amide bonds. The number of guanidine groups is 1. The Morgan fingerprint density at radius 2 is 1.94 bits per heavy atom. The number of halogens is 2. The lowest BCUT2D eigenvalue weighted by Crippen LogP contribution is -2.49. The number of alkyl halides is 2. The van der Waals surface area contributed by atoms with Crippen LogP contribution in [0.3, 0.4) is 0 Å². The molecule has 0 aliphatic carbocycles. The second kappa shape index (κ2) is 11.5. The van der Waals surface area contributed by atoms with Crippen LogP contribution in [0.5, 0.6) is 5.75 Å². The second-order valence-corrected chi connectivity index (χ2v) is 8.58. The predicted molar refractivity (Wildman–Crippen MR) is 121 cm³/mol. The summed E-state index contributed by atoms with van der Waals surface area (Å²) in [5.74, 6) is 1.52. The Morgan fingerprint density at radius 3 is 2.65 bits per heavy atom. The van der Waals surface area contributed by atoms with Crippen LogP contribution in [0.2, 0.25) is 0 Å². The number of piperazine rings is 1. The van der Waals surface area contributed by atoms with Gasteiger partial charge in [-0.15, -0.1) is 0 Å². The predicted octanol–water partition coefficient (Wildman–Crippen LogP) is 1.92. The number of para-hydroxylation sites is 2. The molecule has 0 aromatic heterocycles. The highest BCUT2D eigenvalue weighted by Gasteiger charge is 2.26. The van der Waals surface area contributed by atoms with Crippen LogP contribution in [0.25, 0.3) is 0 Å². The highest BCUT2D eigenvalue weighted by atomic mass is 19.3. The minimum Gasteiger partial charge on any atom is -0.433 e. The van der Waals surface area contributed by atoms with Crippen molar-refractivity contribution >= 4 is 11.6 Å². The average molecular weight is 439 g/mol. The van der Waals surface area contributed by atoms with Crippen LogP contribution >= 0.6 is 0 Å². The van der Waals surface area contributed by atoms with Gasteiger partial charge < -0.3 is 30.1 Å². The molecule has 1 aromatic rings. The minimum absolute atomic E-state index is 0.193. The highest BCUT2D eigenvalue weighted by molar-refractivity contribution is 5.80. The van der Waals surface area contributed by atoms with Gasteiger partial charge in [0.15, 0.2) is 5.96 Å². The van der Waals surface area contributed by atoms with Crippen molar-refractivity contribution < 1.29 is 13.5 Å². The number of likely N-dealkylation sites (N-methyl/N-ethyl adjacent to an activating group) is 1. The van der Waals surface area contributed by atoms with Gasteiger partial charge >= 0.3 is 6.61 Å². The van der Waals surface area contributed by atoms with Gasteiger partial charge in [0, 0.05) is 65.4 Å². The Balaban J connectivity index is 1.44. The summed E-state index contributed by atoms with van der Waals surface area (Å²) in [6, 6.07) is 7.16. The number of nitrogens with zero attached hydrogens (tertiary/aromatic N) is 4. The summed E-state index contributed by atoms with van der Waals surface area (Å²) < 4.78 is 30.1. The normalized spacial score (nSPS) is 22.1. The van der Waals surface area contributed by atoms with E-state index in [0.717, 1.165) is 58.2 Å². The minimum atomic E-state index is -2.83. The average Bonchev–Trinajstić information content (AvgIpc) is 3.21. The van der Waals surface area contributed by atoms with E-state index in [1.165, 1.54) is 0 Å². The molecule has 2 heterocycles. The number of nitrogens with one attached hydrogen (secondary N) is 2. The zero-order chi connectivity index (χ0) is 22.2. The lowest BCUT2D eigenvalue weighted by molar-refractivity contribution is -0.0495. The standard InChI is InChI=1S/C22H36F2N6O/c1-17(15-29-12-10-28(3)11-13-29)14-26-22(25-2)27-18-8-9-30(16-18)19-6-4-5-7-20(19)31-21(23)24/h4-7,17-18,21H,8-16H2,1-3H3,(H2,25,26,27). The Hall–Kier alpha value is -2.13. The SMILES string of the molecule is CN=C(NCC(C)CN1CCN(C)CC1)NC1CCN(c2ccccc2OC(F)F)C1. The summed E-state index contributed by atoms with van der Waals surface area (Å²) in [5, 5.41) is 6.92. The third-order valence-corrected chi connectivity index (χ3v) is 5.96. The van der Waals surface area contributed by atoms with Gasteiger partial charge in [-0.25, -0.2) is 0 Å². The lowest BCUT2D eigenvalue weighted by atomic mass is 10.1. The summed E-state index contributed by atoms with van der Waals surface area (Å²) in [6.07, 6.45) is 0.903. The fraction of sp³-hybridized carbons (Fsp3) is 0.682. The number of hydrogen-bond acceptors (Lipinski definition) is 5. The number of ether oxygens (including phenoxy) is 1. The van der Waals surface area contributed by atoms with Crippen LogP contribution in [0.4, 0.5) is 14.5 Å². The smallest absolute Gasteiger partial charge is 0.387 e. The van der Waals surface area contributed by atoms with Crippen LogP contribution in [-0.2, 0) is 0 Å². The van der Waals surface area contributed by atoms with Crippen LogP contribution < -0.4 is 20.3 Å². The van der Waals surface area contributed by atoms with Crippen molar-refractivity contribution in [1.82, 2.24) is 20.4 Å². The Kier molecular flexibility index (Phi) is 8.71. The number of rotatable bonds is 8. The van der Waals surface area contributed by atoms with Crippen LogP contribution in [0.1, 0.15) is 13.3 Å². The van der Waals surface area contributed by atoms with E-state index in [-0.39, 0.29) is 11.8 Å².